The van der Waals surface area contributed by atoms with E-state index in [1.807, 2.05) is 0 Å². The molecule has 14 heavy (non-hydrogen) atoms. The Balaban J connectivity index is 1.89. The molecule has 0 aromatic rings. The van der Waals surface area contributed by atoms with Crippen LogP contribution in [-0.4, -0.2) is 10.9 Å². The molecule has 2 N–H and O–H groups in total. The van der Waals surface area contributed by atoms with Crippen LogP contribution in [0.15, 0.2) is 0 Å². The minimum absolute atomic E-state index is 0.520. The van der Waals surface area contributed by atoms with Crippen LogP contribution < -0.4 is 5.73 Å². The quantitative estimate of drug-likeness (QED) is 0.757. The lowest BCUT2D eigenvalue weighted by molar-refractivity contribution is -0.0383. The molecular weight excluding hydrogens is 238 g/mol. The molecular formula is C12H20BrN. The van der Waals surface area contributed by atoms with Gasteiger partial charge in [0.25, 0.3) is 0 Å². The van der Waals surface area contributed by atoms with Crippen molar-refractivity contribution in [3.05, 3.63) is 0 Å². The molecule has 0 heterocycles. The third-order valence-electron chi connectivity index (χ3n) is 4.79. The van der Waals surface area contributed by atoms with Gasteiger partial charge in [0.2, 0.25) is 0 Å². The highest BCUT2D eigenvalue weighted by Gasteiger charge is 2.56. The maximum absolute atomic E-state index is 5.78. The third kappa shape index (κ3) is 1.37. The fourth-order valence-electron chi connectivity index (χ4n) is 4.93. The number of halogens is 1. The van der Waals surface area contributed by atoms with Gasteiger partial charge in [-0.3, -0.25) is 0 Å². The molecule has 0 saturated heterocycles. The summed E-state index contributed by atoms with van der Waals surface area (Å²) < 4.78 is 0.520. The van der Waals surface area contributed by atoms with Crippen molar-refractivity contribution in [3.63, 3.8) is 0 Å². The van der Waals surface area contributed by atoms with E-state index in [9.17, 15) is 0 Å². The third-order valence-corrected chi connectivity index (χ3v) is 5.71. The Morgan fingerprint density at radius 1 is 1.14 bits per heavy atom. The Morgan fingerprint density at radius 2 is 1.79 bits per heavy atom. The Labute approximate surface area is 94.9 Å². The lowest BCUT2D eigenvalue weighted by Gasteiger charge is -2.60. The van der Waals surface area contributed by atoms with E-state index in [1.165, 1.54) is 44.9 Å². The SMILES string of the molecule is NCCC12C[C@@H]3C[C@@H](CC(Br)(C3)C1)C2. The summed E-state index contributed by atoms with van der Waals surface area (Å²) >= 11 is 4.02. The molecule has 1 nitrogen and oxygen atoms in total. The molecule has 4 aliphatic rings. The van der Waals surface area contributed by atoms with Gasteiger partial charge in [-0.25, -0.2) is 0 Å². The van der Waals surface area contributed by atoms with E-state index in [-0.39, 0.29) is 0 Å². The first-order chi connectivity index (χ1) is 6.63. The van der Waals surface area contributed by atoms with Crippen LogP contribution in [0.4, 0.5) is 0 Å². The minimum Gasteiger partial charge on any atom is -0.330 e. The highest BCUT2D eigenvalue weighted by molar-refractivity contribution is 9.10. The molecule has 4 rings (SSSR count). The maximum Gasteiger partial charge on any atom is 0.0268 e. The van der Waals surface area contributed by atoms with E-state index in [2.05, 4.69) is 15.9 Å². The number of hydrogen-bond acceptors (Lipinski definition) is 1. The zero-order valence-corrected chi connectivity index (χ0v) is 10.4. The van der Waals surface area contributed by atoms with Gasteiger partial charge in [0.1, 0.15) is 0 Å². The molecule has 4 fully saturated rings. The summed E-state index contributed by atoms with van der Waals surface area (Å²) in [4.78, 5) is 0. The second-order valence-corrected chi connectivity index (χ2v) is 7.83. The summed E-state index contributed by atoms with van der Waals surface area (Å²) in [6.07, 6.45) is 10.0. The van der Waals surface area contributed by atoms with Crippen LogP contribution in [0.5, 0.6) is 0 Å². The first-order valence-corrected chi connectivity index (χ1v) is 6.81. The van der Waals surface area contributed by atoms with Crippen LogP contribution >= 0.6 is 15.9 Å². The van der Waals surface area contributed by atoms with Gasteiger partial charge in [-0.15, -0.1) is 0 Å². The summed E-state index contributed by atoms with van der Waals surface area (Å²) in [6, 6.07) is 0. The Bertz CT molecular complexity index is 237. The summed E-state index contributed by atoms with van der Waals surface area (Å²) in [5.41, 5.74) is 6.42. The number of alkyl halides is 1. The first-order valence-electron chi connectivity index (χ1n) is 6.02. The Kier molecular flexibility index (Phi) is 2.05. The zero-order chi connectivity index (χ0) is 9.81. The number of nitrogens with two attached hydrogens (primary N) is 1. The van der Waals surface area contributed by atoms with Crippen molar-refractivity contribution in [2.45, 2.75) is 49.3 Å². The lowest BCUT2D eigenvalue weighted by Crippen LogP contribution is -2.53. The van der Waals surface area contributed by atoms with E-state index in [0.29, 0.717) is 9.74 Å². The summed E-state index contributed by atoms with van der Waals surface area (Å²) in [7, 11) is 0. The number of rotatable bonds is 2. The van der Waals surface area contributed by atoms with E-state index >= 15 is 0 Å². The van der Waals surface area contributed by atoms with E-state index in [4.69, 9.17) is 5.73 Å². The number of hydrogen-bond donors (Lipinski definition) is 1. The van der Waals surface area contributed by atoms with Crippen LogP contribution in [0.3, 0.4) is 0 Å². The molecule has 2 heteroatoms. The summed E-state index contributed by atoms with van der Waals surface area (Å²) in [6.45, 7) is 0.891. The van der Waals surface area contributed by atoms with Gasteiger partial charge in [0.05, 0.1) is 0 Å². The van der Waals surface area contributed by atoms with Gasteiger partial charge in [-0.05, 0) is 68.7 Å². The van der Waals surface area contributed by atoms with Gasteiger partial charge in [-0.2, -0.15) is 0 Å². The average molecular weight is 258 g/mol. The Morgan fingerprint density at radius 3 is 2.29 bits per heavy atom. The molecule has 0 aliphatic heterocycles. The monoisotopic (exact) mass is 257 g/mol. The molecule has 0 aromatic carbocycles. The molecule has 0 spiro atoms. The molecule has 4 bridgehead atoms. The van der Waals surface area contributed by atoms with Gasteiger partial charge >= 0.3 is 0 Å². The maximum atomic E-state index is 5.78. The van der Waals surface area contributed by atoms with Crippen molar-refractivity contribution in [3.8, 4) is 0 Å². The van der Waals surface area contributed by atoms with Gasteiger partial charge in [0, 0.05) is 4.32 Å². The molecule has 4 atom stereocenters. The zero-order valence-electron chi connectivity index (χ0n) is 8.77. The summed E-state index contributed by atoms with van der Waals surface area (Å²) in [5.74, 6) is 2.03. The fraction of sp³-hybridized carbons (Fsp3) is 1.00. The molecule has 4 saturated carbocycles. The molecule has 0 aromatic heterocycles. The van der Waals surface area contributed by atoms with E-state index < -0.39 is 0 Å². The average Bonchev–Trinajstić information content (AvgIpc) is 1.97. The van der Waals surface area contributed by atoms with Crippen LogP contribution in [0, 0.1) is 17.3 Å². The smallest absolute Gasteiger partial charge is 0.0268 e. The highest BCUT2D eigenvalue weighted by Crippen LogP contribution is 2.65. The molecule has 80 valence electrons. The molecule has 4 aliphatic carbocycles. The predicted molar refractivity (Wildman–Crippen MR) is 62.4 cm³/mol. The molecule has 0 amide bonds. The lowest BCUT2D eigenvalue weighted by atomic mass is 9.49. The topological polar surface area (TPSA) is 26.0 Å². The molecule has 0 radical (unpaired) electrons. The van der Waals surface area contributed by atoms with Crippen molar-refractivity contribution in [1.29, 1.82) is 0 Å². The van der Waals surface area contributed by atoms with E-state index in [1.54, 1.807) is 0 Å². The van der Waals surface area contributed by atoms with Crippen LogP contribution in [0.1, 0.15) is 44.9 Å². The second kappa shape index (κ2) is 2.98. The summed E-state index contributed by atoms with van der Waals surface area (Å²) in [5, 5.41) is 0. The first kappa shape index (κ1) is 9.65. The van der Waals surface area contributed by atoms with Crippen molar-refractivity contribution in [2.75, 3.05) is 6.54 Å². The normalized spacial score (nSPS) is 55.3. The van der Waals surface area contributed by atoms with Crippen LogP contribution in [0.2, 0.25) is 0 Å². The van der Waals surface area contributed by atoms with Gasteiger partial charge in [-0.1, -0.05) is 15.9 Å². The second-order valence-electron chi connectivity index (χ2n) is 6.15. The fourth-order valence-corrected chi connectivity index (χ4v) is 6.45. The Hall–Kier alpha value is 0.440. The van der Waals surface area contributed by atoms with Gasteiger partial charge in [0.15, 0.2) is 0 Å². The van der Waals surface area contributed by atoms with Crippen molar-refractivity contribution >= 4 is 15.9 Å². The molecule has 2 unspecified atom stereocenters. The van der Waals surface area contributed by atoms with Crippen molar-refractivity contribution in [2.24, 2.45) is 23.0 Å². The van der Waals surface area contributed by atoms with Crippen molar-refractivity contribution in [1.82, 2.24) is 0 Å². The standard InChI is InChI=1S/C12H20BrN/c13-12-6-9-3-10(7-12)5-11(4-9,8-12)1-2-14/h9-10H,1-8,14H2/t9-,10+,11?,12?. The van der Waals surface area contributed by atoms with E-state index in [0.717, 1.165) is 18.4 Å². The van der Waals surface area contributed by atoms with Crippen LogP contribution in [0.25, 0.3) is 0 Å². The van der Waals surface area contributed by atoms with Crippen molar-refractivity contribution < 1.29 is 0 Å². The predicted octanol–water partition coefficient (Wildman–Crippen LogP) is 3.07. The minimum atomic E-state index is 0.520. The van der Waals surface area contributed by atoms with Gasteiger partial charge < -0.3 is 5.73 Å². The van der Waals surface area contributed by atoms with Crippen LogP contribution in [-0.2, 0) is 0 Å². The largest absolute Gasteiger partial charge is 0.330 e. The highest BCUT2D eigenvalue weighted by atomic mass is 79.9.